The van der Waals surface area contributed by atoms with Crippen LogP contribution in [-0.2, 0) is 9.84 Å². The van der Waals surface area contributed by atoms with E-state index in [2.05, 4.69) is 48.2 Å². The third-order valence-corrected chi connectivity index (χ3v) is 5.29. The van der Waals surface area contributed by atoms with Crippen LogP contribution in [0.15, 0.2) is 4.99 Å². The first kappa shape index (κ1) is 25.2. The molecule has 0 fully saturated rings. The molecular formula is C15H35IN4O2S. The van der Waals surface area contributed by atoms with Gasteiger partial charge in [-0.2, -0.15) is 0 Å². The molecule has 2 N–H and O–H groups in total. The minimum Gasteiger partial charge on any atom is -0.356 e. The van der Waals surface area contributed by atoms with Gasteiger partial charge in [-0.3, -0.25) is 9.89 Å². The van der Waals surface area contributed by atoms with Crippen LogP contribution in [0.1, 0.15) is 41.0 Å². The lowest BCUT2D eigenvalue weighted by molar-refractivity contribution is 0.173. The summed E-state index contributed by atoms with van der Waals surface area (Å²) in [7, 11) is -1.24. The molecule has 0 saturated heterocycles. The molecular weight excluding hydrogens is 427 g/mol. The molecule has 0 unspecified atom stereocenters. The van der Waals surface area contributed by atoms with Gasteiger partial charge >= 0.3 is 0 Å². The van der Waals surface area contributed by atoms with Crippen LogP contribution in [0.4, 0.5) is 0 Å². The van der Waals surface area contributed by atoms with Gasteiger partial charge in [0.05, 0.1) is 5.75 Å². The average molecular weight is 462 g/mol. The van der Waals surface area contributed by atoms with Crippen LogP contribution in [-0.4, -0.2) is 69.5 Å². The minimum absolute atomic E-state index is 0. The standard InChI is InChI=1S/C15H34N4O2S.HI/c1-7-22(20,21)12-10-18-15(16-6)17-9-8-11-19(13(2)3)14(4)5;/h13-14H,7-12H2,1-6H3,(H2,16,17,18);1H. The van der Waals surface area contributed by atoms with E-state index in [9.17, 15) is 8.42 Å². The van der Waals surface area contributed by atoms with Crippen LogP contribution in [0.2, 0.25) is 0 Å². The van der Waals surface area contributed by atoms with Crippen molar-refractivity contribution in [3.8, 4) is 0 Å². The topological polar surface area (TPSA) is 73.8 Å². The third kappa shape index (κ3) is 12.0. The Morgan fingerprint density at radius 3 is 2.04 bits per heavy atom. The van der Waals surface area contributed by atoms with Gasteiger partial charge in [0.25, 0.3) is 0 Å². The zero-order valence-electron chi connectivity index (χ0n) is 15.4. The van der Waals surface area contributed by atoms with E-state index in [-0.39, 0.29) is 35.5 Å². The summed E-state index contributed by atoms with van der Waals surface area (Å²) in [5.74, 6) is 0.978. The van der Waals surface area contributed by atoms with Crippen molar-refractivity contribution in [2.24, 2.45) is 4.99 Å². The summed E-state index contributed by atoms with van der Waals surface area (Å²) in [5.41, 5.74) is 0. The van der Waals surface area contributed by atoms with Crippen molar-refractivity contribution >= 4 is 39.8 Å². The fourth-order valence-corrected chi connectivity index (χ4v) is 2.97. The van der Waals surface area contributed by atoms with Gasteiger partial charge in [-0.15, -0.1) is 24.0 Å². The molecule has 0 aromatic rings. The maximum atomic E-state index is 11.4. The van der Waals surface area contributed by atoms with Crippen LogP contribution in [0.3, 0.4) is 0 Å². The predicted molar refractivity (Wildman–Crippen MR) is 111 cm³/mol. The maximum absolute atomic E-state index is 11.4. The van der Waals surface area contributed by atoms with Gasteiger partial charge in [0.1, 0.15) is 0 Å². The molecule has 0 aromatic carbocycles. The van der Waals surface area contributed by atoms with Crippen LogP contribution in [0.25, 0.3) is 0 Å². The zero-order valence-corrected chi connectivity index (χ0v) is 18.6. The molecule has 140 valence electrons. The summed E-state index contributed by atoms with van der Waals surface area (Å²) in [4.78, 5) is 6.56. The second-order valence-electron chi connectivity index (χ2n) is 5.94. The predicted octanol–water partition coefficient (Wildman–Crippen LogP) is 1.71. The molecule has 0 saturated carbocycles. The Morgan fingerprint density at radius 2 is 1.61 bits per heavy atom. The number of hydrogen-bond donors (Lipinski definition) is 2. The molecule has 0 spiro atoms. The van der Waals surface area contributed by atoms with Crippen molar-refractivity contribution in [2.75, 3.05) is 38.2 Å². The van der Waals surface area contributed by atoms with E-state index >= 15 is 0 Å². The molecule has 0 aliphatic heterocycles. The highest BCUT2D eigenvalue weighted by Crippen LogP contribution is 2.05. The van der Waals surface area contributed by atoms with E-state index in [4.69, 9.17) is 0 Å². The Labute approximate surface area is 159 Å². The zero-order chi connectivity index (χ0) is 17.2. The number of aliphatic imine (C=N–C) groups is 1. The quantitative estimate of drug-likeness (QED) is 0.224. The number of halogens is 1. The lowest BCUT2D eigenvalue weighted by Crippen LogP contribution is -2.42. The molecule has 0 heterocycles. The molecule has 6 nitrogen and oxygen atoms in total. The highest BCUT2D eigenvalue weighted by Gasteiger charge is 2.12. The number of sulfone groups is 1. The molecule has 23 heavy (non-hydrogen) atoms. The molecule has 0 aliphatic rings. The smallest absolute Gasteiger partial charge is 0.191 e. The third-order valence-electron chi connectivity index (χ3n) is 3.58. The van der Waals surface area contributed by atoms with E-state index in [1.165, 1.54) is 0 Å². The number of hydrogen-bond acceptors (Lipinski definition) is 4. The van der Waals surface area contributed by atoms with Crippen molar-refractivity contribution in [2.45, 2.75) is 53.1 Å². The molecule has 8 heteroatoms. The first-order valence-corrected chi connectivity index (χ1v) is 9.96. The highest BCUT2D eigenvalue weighted by molar-refractivity contribution is 14.0. The molecule has 0 rings (SSSR count). The molecule has 0 aromatic heterocycles. The number of guanidine groups is 1. The molecule has 0 atom stereocenters. The van der Waals surface area contributed by atoms with Gasteiger partial charge in [0.2, 0.25) is 0 Å². The SMILES string of the molecule is CCS(=O)(=O)CCNC(=NC)NCCCN(C(C)C)C(C)C.I. The van der Waals surface area contributed by atoms with Gasteiger partial charge in [0.15, 0.2) is 15.8 Å². The van der Waals surface area contributed by atoms with Crippen molar-refractivity contribution in [1.29, 1.82) is 0 Å². The first-order chi connectivity index (χ1) is 10.2. The van der Waals surface area contributed by atoms with Gasteiger partial charge < -0.3 is 10.6 Å². The van der Waals surface area contributed by atoms with E-state index in [1.807, 2.05) is 0 Å². The van der Waals surface area contributed by atoms with Crippen LogP contribution < -0.4 is 10.6 Å². The monoisotopic (exact) mass is 462 g/mol. The largest absolute Gasteiger partial charge is 0.356 e. The van der Waals surface area contributed by atoms with E-state index in [0.717, 1.165) is 19.5 Å². The average Bonchev–Trinajstić information content (AvgIpc) is 2.44. The molecule has 0 amide bonds. The van der Waals surface area contributed by atoms with Gasteiger partial charge in [0, 0.05) is 44.5 Å². The van der Waals surface area contributed by atoms with Gasteiger partial charge in [-0.25, -0.2) is 8.42 Å². The summed E-state index contributed by atoms with van der Waals surface area (Å²) in [5, 5.41) is 6.26. The number of nitrogens with zero attached hydrogens (tertiary/aromatic N) is 2. The van der Waals surface area contributed by atoms with E-state index in [0.29, 0.717) is 24.6 Å². The summed E-state index contributed by atoms with van der Waals surface area (Å²) < 4.78 is 22.9. The number of rotatable bonds is 10. The van der Waals surface area contributed by atoms with E-state index in [1.54, 1.807) is 14.0 Å². The minimum atomic E-state index is -2.93. The first-order valence-electron chi connectivity index (χ1n) is 8.14. The Kier molecular flexibility index (Phi) is 14.5. The summed E-state index contributed by atoms with van der Waals surface area (Å²) in [6, 6.07) is 1.08. The number of nitrogens with one attached hydrogen (secondary N) is 2. The second-order valence-corrected chi connectivity index (χ2v) is 8.41. The molecule has 0 radical (unpaired) electrons. The summed E-state index contributed by atoms with van der Waals surface area (Å²) >= 11 is 0. The fourth-order valence-electron chi connectivity index (χ4n) is 2.27. The Balaban J connectivity index is 0. The highest BCUT2D eigenvalue weighted by atomic mass is 127. The van der Waals surface area contributed by atoms with Crippen molar-refractivity contribution < 1.29 is 8.42 Å². The van der Waals surface area contributed by atoms with Crippen LogP contribution in [0.5, 0.6) is 0 Å². The normalized spacial score (nSPS) is 12.7. The van der Waals surface area contributed by atoms with Crippen LogP contribution >= 0.6 is 24.0 Å². The lowest BCUT2D eigenvalue weighted by Gasteiger charge is -2.30. The van der Waals surface area contributed by atoms with Gasteiger partial charge in [-0.1, -0.05) is 6.92 Å². The molecule has 0 aliphatic carbocycles. The van der Waals surface area contributed by atoms with Crippen molar-refractivity contribution in [3.05, 3.63) is 0 Å². The van der Waals surface area contributed by atoms with Gasteiger partial charge in [-0.05, 0) is 34.1 Å². The molecule has 0 bridgehead atoms. The van der Waals surface area contributed by atoms with Crippen LogP contribution in [0, 0.1) is 0 Å². The Hall–Kier alpha value is -0.0900. The second kappa shape index (κ2) is 13.2. The lowest BCUT2D eigenvalue weighted by atomic mass is 10.2. The van der Waals surface area contributed by atoms with E-state index < -0.39 is 9.84 Å². The fraction of sp³-hybridized carbons (Fsp3) is 0.933. The summed E-state index contributed by atoms with van der Waals surface area (Å²) in [6.07, 6.45) is 1.02. The van der Waals surface area contributed by atoms with Crippen molar-refractivity contribution in [3.63, 3.8) is 0 Å². The van der Waals surface area contributed by atoms with Crippen molar-refractivity contribution in [1.82, 2.24) is 15.5 Å². The summed E-state index contributed by atoms with van der Waals surface area (Å²) in [6.45, 7) is 12.7. The Morgan fingerprint density at radius 1 is 1.09 bits per heavy atom. The Bertz CT molecular complexity index is 417. The maximum Gasteiger partial charge on any atom is 0.191 e.